The third-order valence-electron chi connectivity index (χ3n) is 15.7. The van der Waals surface area contributed by atoms with Crippen LogP contribution in [0.25, 0.3) is 0 Å². The van der Waals surface area contributed by atoms with Crippen molar-refractivity contribution in [1.29, 1.82) is 0 Å². The zero-order valence-corrected chi connectivity index (χ0v) is 62.0. The Morgan fingerprint density at radius 2 is 0.940 bits per heavy atom. The van der Waals surface area contributed by atoms with Crippen LogP contribution >= 0.6 is 12.4 Å². The molecule has 0 spiro atoms. The first-order valence-electron chi connectivity index (χ1n) is 32.2. The van der Waals surface area contributed by atoms with Crippen LogP contribution in [0.3, 0.4) is 0 Å². The number of rotatable bonds is 21. The molecule has 4 aromatic rings. The van der Waals surface area contributed by atoms with Gasteiger partial charge in [-0.25, -0.2) is 19.4 Å². The van der Waals surface area contributed by atoms with Crippen molar-refractivity contribution in [3.63, 3.8) is 0 Å². The van der Waals surface area contributed by atoms with E-state index in [0.29, 0.717) is 60.5 Å². The number of nitrogens with one attached hydrogen (secondary N) is 3. The van der Waals surface area contributed by atoms with E-state index < -0.39 is 76.8 Å². The van der Waals surface area contributed by atoms with Crippen LogP contribution in [0, 0.1) is 23.7 Å². The predicted octanol–water partition coefficient (Wildman–Crippen LogP) is 2.67. The maximum Gasteiger partial charge on any atom is 1.00 e. The van der Waals surface area contributed by atoms with Gasteiger partial charge in [0.05, 0.1) is 12.2 Å². The van der Waals surface area contributed by atoms with Crippen LogP contribution in [0.15, 0.2) is 97.1 Å². The number of nitrogens with zero attached hydrogens (tertiary/aromatic N) is 3. The Morgan fingerprint density at radius 1 is 0.580 bits per heavy atom. The van der Waals surface area contributed by atoms with Gasteiger partial charge in [0.25, 0.3) is 23.6 Å². The molecule has 0 aliphatic carbocycles. The molecule has 535 valence electrons. The first-order chi connectivity index (χ1) is 46.9. The van der Waals surface area contributed by atoms with Crippen molar-refractivity contribution in [3.8, 4) is 23.7 Å². The molecule has 0 bridgehead atoms. The summed E-state index contributed by atoms with van der Waals surface area (Å²) in [5.74, 6) is 7.33. The number of likely N-dealkylation sites (N-methyl/N-ethyl adjacent to an activating group) is 4. The molecule has 4 aliphatic heterocycles. The van der Waals surface area contributed by atoms with Crippen LogP contribution in [0.2, 0.25) is 0 Å². The minimum Gasteiger partial charge on any atom is -0.793 e. The van der Waals surface area contributed by atoms with Crippen LogP contribution in [-0.4, -0.2) is 212 Å². The number of aldehydes is 1. The van der Waals surface area contributed by atoms with Crippen molar-refractivity contribution in [2.75, 3.05) is 94.0 Å². The Balaban J connectivity index is 0.000000526. The van der Waals surface area contributed by atoms with Gasteiger partial charge in [0.2, 0.25) is 5.97 Å². The Morgan fingerprint density at radius 3 is 1.23 bits per heavy atom. The largest absolute Gasteiger partial charge is 1.00 e. The number of ether oxygens (including phenoxy) is 6. The van der Waals surface area contributed by atoms with Gasteiger partial charge >= 0.3 is 41.5 Å². The number of hydrogen-bond donors (Lipinski definition) is 3. The summed E-state index contributed by atoms with van der Waals surface area (Å²) in [5, 5.41) is 8.11. The van der Waals surface area contributed by atoms with Gasteiger partial charge in [-0.05, 0) is 145 Å². The number of likely N-dealkylation sites (tertiary alicyclic amines) is 1. The van der Waals surface area contributed by atoms with Gasteiger partial charge < -0.3 is 66.9 Å². The molecule has 4 aliphatic rings. The Labute approximate surface area is 615 Å². The second-order valence-corrected chi connectivity index (χ2v) is 22.9. The van der Waals surface area contributed by atoms with E-state index in [4.69, 9.17) is 28.4 Å². The molecule has 3 N–H and O–H groups in total. The molecule has 4 saturated heterocycles. The Hall–Kier alpha value is -7.67. The maximum atomic E-state index is 13.4. The zero-order valence-electron chi connectivity index (χ0n) is 59.2. The molecule has 0 aromatic heterocycles. The average molecular weight is 1410 g/mol. The van der Waals surface area contributed by atoms with Crippen molar-refractivity contribution < 1.29 is 120 Å². The molecule has 3 radical (unpaired) electrons. The molecule has 28 heteroatoms. The molecule has 4 fully saturated rings. The number of benzene rings is 4. The zero-order chi connectivity index (χ0) is 72.2. The summed E-state index contributed by atoms with van der Waals surface area (Å²) in [6, 6.07) is 28.5. The Kier molecular flexibility index (Phi) is 41.3. The number of halogens is 1. The molecule has 25 nitrogen and oxygen atoms in total. The molecule has 4 amide bonds. The van der Waals surface area contributed by atoms with E-state index in [2.05, 4.69) is 79.1 Å². The third-order valence-corrected chi connectivity index (χ3v) is 15.7. The molecule has 2 unspecified atom stereocenters. The van der Waals surface area contributed by atoms with Crippen LogP contribution in [0.1, 0.15) is 146 Å². The Bertz CT molecular complexity index is 3390. The van der Waals surface area contributed by atoms with Gasteiger partial charge in [-0.2, -0.15) is 0 Å². The SMILES string of the molecule is CC(=O)OOC(C)=O.CCOC1CN(Cc2ccc(C#Cc3ccc(C(=O)N(C)[C@](C)(C(=O)COC4CCCCO4)C(=O)NC)cc3)cc2)C1.CCOC1CNC1.CNC(=O)[C@@](C)(C(=O)COC1CCCCO1)N(C)C(=O)c1ccc(C#Cc2ccc(C=O)cc2)cc1.Cl.[B-]OC(C)=O.[Na+]. The van der Waals surface area contributed by atoms with E-state index in [1.807, 2.05) is 26.0 Å². The maximum absolute atomic E-state index is 13.4. The molecule has 8 rings (SSSR count). The van der Waals surface area contributed by atoms with Gasteiger partial charge in [-0.3, -0.25) is 43.3 Å². The van der Waals surface area contributed by atoms with E-state index in [1.54, 1.807) is 72.8 Å². The van der Waals surface area contributed by atoms with E-state index in [9.17, 15) is 47.9 Å². The number of amides is 4. The third kappa shape index (κ3) is 29.1. The minimum absolute atomic E-state index is 0. The summed E-state index contributed by atoms with van der Waals surface area (Å²) in [5.41, 5.74) is 1.99. The van der Waals surface area contributed by atoms with Crippen LogP contribution in [0.5, 0.6) is 0 Å². The molecular formula is C72H92BClN6NaO19. The van der Waals surface area contributed by atoms with Crippen molar-refractivity contribution in [2.45, 2.75) is 129 Å². The predicted molar refractivity (Wildman–Crippen MR) is 369 cm³/mol. The number of ketones is 2. The molecular weight excluding hydrogens is 1320 g/mol. The first kappa shape index (κ1) is 88.4. The van der Waals surface area contributed by atoms with Crippen LogP contribution < -0.4 is 45.5 Å². The minimum atomic E-state index is -1.77. The fraction of sp³-hybridized carbons (Fsp3) is 0.472. The summed E-state index contributed by atoms with van der Waals surface area (Å²) in [6.07, 6.45) is 5.82. The van der Waals surface area contributed by atoms with Gasteiger partial charge in [-0.15, -0.1) is 12.4 Å². The van der Waals surface area contributed by atoms with Crippen molar-refractivity contribution in [3.05, 3.63) is 142 Å². The smallest absolute Gasteiger partial charge is 0.793 e. The first-order valence-corrected chi connectivity index (χ1v) is 32.2. The average Bonchev–Trinajstić information content (AvgIpc) is 0.790. The van der Waals surface area contributed by atoms with Crippen molar-refractivity contribution >= 4 is 79.8 Å². The normalized spacial score (nSPS) is 16.3. The van der Waals surface area contributed by atoms with Crippen molar-refractivity contribution in [1.82, 2.24) is 30.7 Å². The molecule has 0 saturated carbocycles. The molecule has 4 atom stereocenters. The number of hydrogen-bond acceptors (Lipinski definition) is 21. The second kappa shape index (κ2) is 46.7. The van der Waals surface area contributed by atoms with Crippen LogP contribution in [-0.2, 0) is 83.0 Å². The topological polar surface area (TPSA) is 300 Å². The molecule has 100 heavy (non-hydrogen) atoms. The van der Waals surface area contributed by atoms with Crippen LogP contribution in [0.4, 0.5) is 0 Å². The fourth-order valence-corrected chi connectivity index (χ4v) is 9.52. The summed E-state index contributed by atoms with van der Waals surface area (Å²) < 4.78 is 36.7. The fourth-order valence-electron chi connectivity index (χ4n) is 9.52. The number of carbonyl (C=O) groups is 10. The molecule has 4 heterocycles. The summed E-state index contributed by atoms with van der Waals surface area (Å²) >= 11 is 0. The van der Waals surface area contributed by atoms with Crippen molar-refractivity contribution in [2.24, 2.45) is 0 Å². The van der Waals surface area contributed by atoms with Gasteiger partial charge in [0, 0.05) is 147 Å². The quantitative estimate of drug-likeness (QED) is 0.0270. The monoisotopic (exact) mass is 1410 g/mol. The summed E-state index contributed by atoms with van der Waals surface area (Å²) in [4.78, 5) is 131. The van der Waals surface area contributed by atoms with E-state index in [0.717, 1.165) is 113 Å². The number of carbonyl (C=O) groups excluding carboxylic acids is 10. The summed E-state index contributed by atoms with van der Waals surface area (Å²) in [6.45, 7) is 17.4. The van der Waals surface area contributed by atoms with Gasteiger partial charge in [0.15, 0.2) is 35.2 Å². The summed E-state index contributed by atoms with van der Waals surface area (Å²) in [7, 11) is 10.0. The second-order valence-electron chi connectivity index (χ2n) is 22.9. The van der Waals surface area contributed by atoms with E-state index >= 15 is 0 Å². The number of Topliss-reactive ketones (excluding diaryl/α,β-unsaturated/α-hetero) is 2. The van der Waals surface area contributed by atoms with Gasteiger partial charge in [-0.1, -0.05) is 47.9 Å². The van der Waals surface area contributed by atoms with E-state index in [1.165, 1.54) is 59.4 Å². The van der Waals surface area contributed by atoms with Gasteiger partial charge in [0.1, 0.15) is 19.5 Å². The standard InChI is InChI=1S/C33H41N3O6.C28H30N2O6.C5H11NO.C4H6O4.C2H3BO2.ClH.Na/c1-5-40-28-21-36(22-28)20-26-13-11-24(12-14-26)9-10-25-15-17-27(18-16-25)31(38)35(4)33(2,32(39)34-3)29(37)23-42-30-8-6-7-19-41-30;1-28(27(34)29-2,24(32)19-36-25-6-4-5-17-35-25)30(3)26(33)23-15-13-21(14-16-23)8-7-20-9-11-22(18-31)12-10-20;1-2-7-5-3-6-4-5;1-3(5)7-8-4(2)6;1-2(4)5-3;;/h11-18,28,30H,5-8,19-23H2,1-4H3,(H,34,39);9-16,18,25H,4-6,17,19H2,1-3H3,(H,29,34);5-6H,2-4H2,1H3;1-2H3;1H3;1H;/q;;;;-1;;+1/t30?,33-;25?,28-;;;;;/m11...../s1. The van der Waals surface area contributed by atoms with E-state index in [-0.39, 0.29) is 55.2 Å². The molecule has 4 aromatic carbocycles.